The summed E-state index contributed by atoms with van der Waals surface area (Å²) in [5, 5.41) is 3.57. The van der Waals surface area contributed by atoms with E-state index in [-0.39, 0.29) is 18.0 Å². The third-order valence-electron chi connectivity index (χ3n) is 5.79. The lowest BCUT2D eigenvalue weighted by atomic mass is 10.1. The number of nitrogens with one attached hydrogen (secondary N) is 1. The van der Waals surface area contributed by atoms with E-state index in [2.05, 4.69) is 10.3 Å². The van der Waals surface area contributed by atoms with E-state index in [0.29, 0.717) is 36.0 Å². The van der Waals surface area contributed by atoms with E-state index in [1.807, 2.05) is 17.9 Å². The van der Waals surface area contributed by atoms with E-state index in [0.717, 1.165) is 43.6 Å². The highest BCUT2D eigenvalue weighted by atomic mass is 35.5. The number of carbonyl (C=O) groups excluding carboxylic acids is 2. The van der Waals surface area contributed by atoms with Crippen LogP contribution in [0, 0.1) is 6.92 Å². The first-order valence-corrected chi connectivity index (χ1v) is 11.1. The molecule has 0 aliphatic carbocycles. The zero-order valence-electron chi connectivity index (χ0n) is 17.6. The monoisotopic (exact) mass is 442 g/mol. The average molecular weight is 443 g/mol. The quantitative estimate of drug-likeness (QED) is 0.763. The Morgan fingerprint density at radius 3 is 2.71 bits per heavy atom. The summed E-state index contributed by atoms with van der Waals surface area (Å²) in [7, 11) is 0. The summed E-state index contributed by atoms with van der Waals surface area (Å²) >= 11 is 5.99. The van der Waals surface area contributed by atoms with Crippen LogP contribution in [0.2, 0.25) is 5.02 Å². The van der Waals surface area contributed by atoms with Gasteiger partial charge in [-0.15, -0.1) is 0 Å². The van der Waals surface area contributed by atoms with E-state index >= 15 is 0 Å². The number of carbonyl (C=O) groups is 2. The van der Waals surface area contributed by atoms with Gasteiger partial charge in [-0.05, 0) is 62.1 Å². The SMILES string of the molecule is Cc1cc(Cl)ccc1NC(=O)N1CCC(Oc2ncccc2C(=O)N2CCCCC2)C1. The number of aromatic nitrogens is 1. The Labute approximate surface area is 187 Å². The molecule has 164 valence electrons. The van der Waals surface area contributed by atoms with Crippen molar-refractivity contribution in [2.24, 2.45) is 0 Å². The summed E-state index contributed by atoms with van der Waals surface area (Å²) in [5.41, 5.74) is 2.13. The number of halogens is 1. The summed E-state index contributed by atoms with van der Waals surface area (Å²) in [6, 6.07) is 8.71. The lowest BCUT2D eigenvalue weighted by Gasteiger charge is -2.27. The van der Waals surface area contributed by atoms with E-state index < -0.39 is 0 Å². The van der Waals surface area contributed by atoms with Gasteiger partial charge in [0.15, 0.2) is 0 Å². The van der Waals surface area contributed by atoms with Crippen molar-refractivity contribution in [2.45, 2.75) is 38.7 Å². The van der Waals surface area contributed by atoms with Crippen molar-refractivity contribution in [3.8, 4) is 5.88 Å². The molecule has 1 aromatic carbocycles. The first kappa shape index (κ1) is 21.4. The molecular weight excluding hydrogens is 416 g/mol. The predicted octanol–water partition coefficient (Wildman–Crippen LogP) is 4.35. The molecule has 3 heterocycles. The molecular formula is C23H27ClN4O3. The number of pyridine rings is 1. The van der Waals surface area contributed by atoms with Gasteiger partial charge in [-0.25, -0.2) is 9.78 Å². The summed E-state index contributed by atoms with van der Waals surface area (Å²) < 4.78 is 6.09. The minimum atomic E-state index is -0.208. The highest BCUT2D eigenvalue weighted by molar-refractivity contribution is 6.30. The van der Waals surface area contributed by atoms with Crippen LogP contribution in [0.3, 0.4) is 0 Å². The van der Waals surface area contributed by atoms with Gasteiger partial charge in [0.25, 0.3) is 5.91 Å². The number of piperidine rings is 1. The van der Waals surface area contributed by atoms with Gasteiger partial charge in [-0.1, -0.05) is 11.6 Å². The molecule has 2 saturated heterocycles. The van der Waals surface area contributed by atoms with Crippen LogP contribution >= 0.6 is 11.6 Å². The van der Waals surface area contributed by atoms with Crippen molar-refractivity contribution in [1.29, 1.82) is 0 Å². The fourth-order valence-electron chi connectivity index (χ4n) is 4.04. The number of nitrogens with zero attached hydrogens (tertiary/aromatic N) is 3. The highest BCUT2D eigenvalue weighted by Gasteiger charge is 2.30. The molecule has 7 nitrogen and oxygen atoms in total. The maximum Gasteiger partial charge on any atom is 0.321 e. The highest BCUT2D eigenvalue weighted by Crippen LogP contribution is 2.24. The summed E-state index contributed by atoms with van der Waals surface area (Å²) in [4.78, 5) is 33.5. The van der Waals surface area contributed by atoms with Crippen LogP contribution in [0.15, 0.2) is 36.5 Å². The molecule has 1 aromatic heterocycles. The molecule has 0 spiro atoms. The van der Waals surface area contributed by atoms with E-state index in [9.17, 15) is 9.59 Å². The Kier molecular flexibility index (Phi) is 6.61. The second-order valence-electron chi connectivity index (χ2n) is 8.07. The Balaban J connectivity index is 1.38. The van der Waals surface area contributed by atoms with Crippen LogP contribution in [-0.4, -0.2) is 59.0 Å². The standard InChI is InChI=1S/C23H27ClN4O3/c1-16-14-17(24)7-8-20(16)26-23(30)28-13-9-18(15-28)31-21-19(6-5-10-25-21)22(29)27-11-3-2-4-12-27/h5-8,10,14,18H,2-4,9,11-13,15H2,1H3,(H,26,30). The minimum Gasteiger partial charge on any atom is -0.472 e. The summed E-state index contributed by atoms with van der Waals surface area (Å²) in [5.74, 6) is 0.312. The molecule has 3 amide bonds. The molecule has 2 aliphatic rings. The van der Waals surface area contributed by atoms with E-state index in [4.69, 9.17) is 16.3 Å². The lowest BCUT2D eigenvalue weighted by molar-refractivity contribution is 0.0715. The topological polar surface area (TPSA) is 74.8 Å². The Hall–Kier alpha value is -2.80. The number of urea groups is 1. The zero-order valence-corrected chi connectivity index (χ0v) is 18.4. The Morgan fingerprint density at radius 2 is 1.94 bits per heavy atom. The predicted molar refractivity (Wildman–Crippen MR) is 120 cm³/mol. The van der Waals surface area contributed by atoms with Crippen LogP contribution in [0.25, 0.3) is 0 Å². The van der Waals surface area contributed by atoms with Gasteiger partial charge in [0.1, 0.15) is 11.7 Å². The molecule has 1 unspecified atom stereocenters. The van der Waals surface area contributed by atoms with Gasteiger partial charge < -0.3 is 19.9 Å². The van der Waals surface area contributed by atoms with Gasteiger partial charge in [0.2, 0.25) is 5.88 Å². The molecule has 0 saturated carbocycles. The first-order chi connectivity index (χ1) is 15.0. The van der Waals surface area contributed by atoms with Crippen LogP contribution in [0.4, 0.5) is 10.5 Å². The fraction of sp³-hybridized carbons (Fsp3) is 0.435. The molecule has 8 heteroatoms. The van der Waals surface area contributed by atoms with E-state index in [1.165, 1.54) is 0 Å². The van der Waals surface area contributed by atoms with Gasteiger partial charge >= 0.3 is 6.03 Å². The third-order valence-corrected chi connectivity index (χ3v) is 6.02. The number of ether oxygens (including phenoxy) is 1. The van der Waals surface area contributed by atoms with Crippen molar-refractivity contribution < 1.29 is 14.3 Å². The van der Waals surface area contributed by atoms with Crippen LogP contribution < -0.4 is 10.1 Å². The molecule has 0 radical (unpaired) electrons. The minimum absolute atomic E-state index is 0.0337. The fourth-order valence-corrected chi connectivity index (χ4v) is 4.27. The number of benzene rings is 1. The van der Waals surface area contributed by atoms with Crippen molar-refractivity contribution in [3.63, 3.8) is 0 Å². The number of likely N-dealkylation sites (tertiary alicyclic amines) is 2. The van der Waals surface area contributed by atoms with Gasteiger partial charge in [0, 0.05) is 43.0 Å². The summed E-state index contributed by atoms with van der Waals surface area (Å²) in [6.07, 6.45) is 5.32. The van der Waals surface area contributed by atoms with Crippen molar-refractivity contribution in [2.75, 3.05) is 31.5 Å². The maximum atomic E-state index is 12.9. The molecule has 1 atom stereocenters. The number of anilines is 1. The first-order valence-electron chi connectivity index (χ1n) is 10.7. The molecule has 2 fully saturated rings. The van der Waals surface area contributed by atoms with Crippen LogP contribution in [-0.2, 0) is 0 Å². The summed E-state index contributed by atoms with van der Waals surface area (Å²) in [6.45, 7) is 4.46. The largest absolute Gasteiger partial charge is 0.472 e. The normalized spacial score (nSPS) is 18.7. The van der Waals surface area contributed by atoms with Crippen molar-refractivity contribution in [1.82, 2.24) is 14.8 Å². The molecule has 2 aliphatic heterocycles. The smallest absolute Gasteiger partial charge is 0.321 e. The number of aryl methyl sites for hydroxylation is 1. The third kappa shape index (κ3) is 5.10. The Morgan fingerprint density at radius 1 is 1.13 bits per heavy atom. The lowest BCUT2D eigenvalue weighted by Crippen LogP contribution is -2.36. The number of hydrogen-bond donors (Lipinski definition) is 1. The van der Waals surface area contributed by atoms with E-state index in [1.54, 1.807) is 35.4 Å². The molecule has 1 N–H and O–H groups in total. The second-order valence-corrected chi connectivity index (χ2v) is 8.51. The molecule has 4 rings (SSSR count). The number of amides is 3. The Bertz CT molecular complexity index is 962. The second kappa shape index (κ2) is 9.56. The molecule has 2 aromatic rings. The van der Waals surface area contributed by atoms with Crippen molar-refractivity contribution in [3.05, 3.63) is 52.7 Å². The average Bonchev–Trinajstić information content (AvgIpc) is 3.25. The number of rotatable bonds is 4. The molecule has 0 bridgehead atoms. The van der Waals surface area contributed by atoms with Gasteiger partial charge in [-0.2, -0.15) is 0 Å². The van der Waals surface area contributed by atoms with Crippen molar-refractivity contribution >= 4 is 29.2 Å². The van der Waals surface area contributed by atoms with Crippen LogP contribution in [0.1, 0.15) is 41.6 Å². The van der Waals surface area contributed by atoms with Crippen LogP contribution in [0.5, 0.6) is 5.88 Å². The zero-order chi connectivity index (χ0) is 21.8. The van der Waals surface area contributed by atoms with Gasteiger partial charge in [-0.3, -0.25) is 4.79 Å². The number of hydrogen-bond acceptors (Lipinski definition) is 4. The maximum absolute atomic E-state index is 12.9. The van der Waals surface area contributed by atoms with Gasteiger partial charge in [0.05, 0.1) is 6.54 Å². The molecule has 31 heavy (non-hydrogen) atoms.